The molecule has 0 aliphatic carbocycles. The highest BCUT2D eigenvalue weighted by Crippen LogP contribution is 2.18. The molecule has 1 atom stereocenters. The molecular formula is C7H6FNO3S. The van der Waals surface area contributed by atoms with Crippen LogP contribution in [0.15, 0.2) is 12.4 Å². The number of nitriles is 1. The molecule has 13 heavy (non-hydrogen) atoms. The van der Waals surface area contributed by atoms with Gasteiger partial charge in [-0.1, -0.05) is 6.58 Å². The Morgan fingerprint density at radius 3 is 2.54 bits per heavy atom. The summed E-state index contributed by atoms with van der Waals surface area (Å²) in [7, 11) is 0. The van der Waals surface area contributed by atoms with Gasteiger partial charge in [-0.2, -0.15) is 5.26 Å². The van der Waals surface area contributed by atoms with Crippen LogP contribution in [-0.4, -0.2) is 16.2 Å². The molecule has 0 aromatic rings. The number of nitrogens with zero attached hydrogens (tertiary/aromatic N) is 1. The Balaban J connectivity index is 4.44. The fourth-order valence-corrected chi connectivity index (χ4v) is 1.03. The molecule has 4 nitrogen and oxygen atoms in total. The van der Waals surface area contributed by atoms with E-state index in [4.69, 9.17) is 10.4 Å². The maximum absolute atomic E-state index is 12.2. The summed E-state index contributed by atoms with van der Waals surface area (Å²) < 4.78 is 12.2. The molecule has 0 saturated heterocycles. The zero-order valence-corrected chi connectivity index (χ0v) is 7.31. The molecule has 1 N–H and O–H groups in total. The van der Waals surface area contributed by atoms with E-state index >= 15 is 0 Å². The number of thiocyanates is 1. The third-order valence-electron chi connectivity index (χ3n) is 1.15. The fourth-order valence-electron chi connectivity index (χ4n) is 0.609. The van der Waals surface area contributed by atoms with Gasteiger partial charge in [-0.05, 0) is 0 Å². The van der Waals surface area contributed by atoms with Gasteiger partial charge in [0, 0.05) is 18.2 Å². The van der Waals surface area contributed by atoms with E-state index in [0.29, 0.717) is 0 Å². The molecule has 0 aromatic carbocycles. The summed E-state index contributed by atoms with van der Waals surface area (Å²) in [5, 5.41) is 17.1. The summed E-state index contributed by atoms with van der Waals surface area (Å²) in [6.07, 6.45) is -0.581. The van der Waals surface area contributed by atoms with E-state index in [1.807, 2.05) is 0 Å². The molecule has 1 unspecified atom stereocenters. The second-order valence-corrected chi connectivity index (χ2v) is 2.91. The van der Waals surface area contributed by atoms with Crippen LogP contribution in [0.1, 0.15) is 6.42 Å². The Labute approximate surface area is 78.0 Å². The number of carbonyl (C=O) groups is 2. The molecule has 0 saturated carbocycles. The van der Waals surface area contributed by atoms with E-state index in [9.17, 15) is 14.0 Å². The van der Waals surface area contributed by atoms with Gasteiger partial charge in [-0.15, -0.1) is 0 Å². The Kier molecular flexibility index (Phi) is 4.77. The van der Waals surface area contributed by atoms with Crippen molar-refractivity contribution in [1.29, 1.82) is 5.26 Å². The van der Waals surface area contributed by atoms with Crippen molar-refractivity contribution < 1.29 is 19.1 Å². The number of halogens is 1. The number of allylic oxidation sites excluding steroid dienone is 1. The molecule has 0 fully saturated rings. The Morgan fingerprint density at radius 1 is 1.69 bits per heavy atom. The second-order valence-electron chi connectivity index (χ2n) is 2.12. The summed E-state index contributed by atoms with van der Waals surface area (Å²) >= 11 is 0.188. The lowest BCUT2D eigenvalue weighted by Crippen LogP contribution is -2.21. The van der Waals surface area contributed by atoms with Gasteiger partial charge in [0.15, 0.2) is 0 Å². The van der Waals surface area contributed by atoms with Gasteiger partial charge in [-0.3, -0.25) is 9.59 Å². The molecule has 0 bridgehead atoms. The largest absolute Gasteiger partial charge is 0.481 e. The van der Waals surface area contributed by atoms with Gasteiger partial charge in [0.1, 0.15) is 11.3 Å². The van der Waals surface area contributed by atoms with Gasteiger partial charge >= 0.3 is 5.97 Å². The standard InChI is InChI=1S/C7H6FNO3S/c1-4(8)2-5(6(10)11)7(12)13-3-9/h5H,1-2H2,(H,10,11). The predicted octanol–water partition coefficient (Wildman–Crippen LogP) is 1.30. The molecule has 70 valence electrons. The van der Waals surface area contributed by atoms with E-state index in [-0.39, 0.29) is 11.8 Å². The van der Waals surface area contributed by atoms with Crippen LogP contribution in [0, 0.1) is 16.6 Å². The number of carboxylic acids is 1. The third-order valence-corrected chi connectivity index (χ3v) is 1.73. The molecule has 0 spiro atoms. The van der Waals surface area contributed by atoms with E-state index in [0.717, 1.165) is 0 Å². The highest BCUT2D eigenvalue weighted by molar-refractivity contribution is 8.17. The SMILES string of the molecule is C=C(F)CC(C(=O)O)C(=O)SC#N. The first-order valence-electron chi connectivity index (χ1n) is 3.15. The van der Waals surface area contributed by atoms with Gasteiger partial charge in [0.2, 0.25) is 5.12 Å². The number of hydrogen-bond acceptors (Lipinski definition) is 4. The van der Waals surface area contributed by atoms with E-state index in [1.165, 1.54) is 5.40 Å². The van der Waals surface area contributed by atoms with Crippen molar-refractivity contribution in [3.63, 3.8) is 0 Å². The van der Waals surface area contributed by atoms with Crippen molar-refractivity contribution in [1.82, 2.24) is 0 Å². The first kappa shape index (κ1) is 11.6. The van der Waals surface area contributed by atoms with Gasteiger partial charge in [-0.25, -0.2) is 4.39 Å². The van der Waals surface area contributed by atoms with Crippen LogP contribution < -0.4 is 0 Å². The lowest BCUT2D eigenvalue weighted by Gasteiger charge is -2.05. The van der Waals surface area contributed by atoms with E-state index in [2.05, 4.69) is 6.58 Å². The first-order valence-corrected chi connectivity index (χ1v) is 3.96. The zero-order valence-electron chi connectivity index (χ0n) is 6.49. The highest BCUT2D eigenvalue weighted by atomic mass is 32.2. The molecule has 6 heteroatoms. The van der Waals surface area contributed by atoms with Crippen LogP contribution in [0.25, 0.3) is 0 Å². The van der Waals surface area contributed by atoms with Crippen molar-refractivity contribution in [3.05, 3.63) is 12.4 Å². The number of carboxylic acid groups (broad SMARTS) is 1. The van der Waals surface area contributed by atoms with Crippen molar-refractivity contribution in [2.75, 3.05) is 0 Å². The summed E-state index contributed by atoms with van der Waals surface area (Å²) in [4.78, 5) is 21.3. The third kappa shape index (κ3) is 4.28. The van der Waals surface area contributed by atoms with E-state index < -0.39 is 29.3 Å². The molecule has 0 radical (unpaired) electrons. The highest BCUT2D eigenvalue weighted by Gasteiger charge is 2.27. The summed E-state index contributed by atoms with van der Waals surface area (Å²) in [5.74, 6) is -3.87. The van der Waals surface area contributed by atoms with Crippen molar-refractivity contribution >= 4 is 22.8 Å². The molecule has 0 aliphatic rings. The lowest BCUT2D eigenvalue weighted by atomic mass is 10.1. The summed E-state index contributed by atoms with van der Waals surface area (Å²) in [6, 6.07) is 0. The molecule has 0 rings (SSSR count). The maximum atomic E-state index is 12.2. The number of thioether (sulfide) groups is 1. The Bertz CT molecular complexity index is 284. The van der Waals surface area contributed by atoms with Gasteiger partial charge < -0.3 is 5.11 Å². The number of rotatable bonds is 4. The average molecular weight is 203 g/mol. The topological polar surface area (TPSA) is 78.2 Å². The normalized spacial score (nSPS) is 11.4. The second kappa shape index (κ2) is 5.32. The molecule has 0 amide bonds. The lowest BCUT2D eigenvalue weighted by molar-refractivity contribution is -0.144. The Morgan fingerprint density at radius 2 is 2.23 bits per heavy atom. The van der Waals surface area contributed by atoms with Crippen molar-refractivity contribution in [3.8, 4) is 5.40 Å². The van der Waals surface area contributed by atoms with Crippen LogP contribution in [0.2, 0.25) is 0 Å². The maximum Gasteiger partial charge on any atom is 0.315 e. The number of hydrogen-bond donors (Lipinski definition) is 1. The van der Waals surface area contributed by atoms with Crippen molar-refractivity contribution in [2.45, 2.75) is 6.42 Å². The minimum Gasteiger partial charge on any atom is -0.481 e. The first-order chi connectivity index (χ1) is 5.99. The molecule has 0 aromatic heterocycles. The predicted molar refractivity (Wildman–Crippen MR) is 44.2 cm³/mol. The average Bonchev–Trinajstić information content (AvgIpc) is 1.99. The molecule has 0 heterocycles. The smallest absolute Gasteiger partial charge is 0.315 e. The summed E-state index contributed by atoms with van der Waals surface area (Å²) in [6.45, 7) is 2.85. The minimum absolute atomic E-state index is 0.188. The van der Waals surface area contributed by atoms with Crippen LogP contribution in [0.3, 0.4) is 0 Å². The minimum atomic E-state index is -1.53. The number of carbonyl (C=O) groups excluding carboxylic acids is 1. The van der Waals surface area contributed by atoms with Crippen LogP contribution in [0.4, 0.5) is 4.39 Å². The quantitative estimate of drug-likeness (QED) is 0.550. The monoisotopic (exact) mass is 203 g/mol. The van der Waals surface area contributed by atoms with Gasteiger partial charge in [0.05, 0.1) is 5.83 Å². The van der Waals surface area contributed by atoms with E-state index in [1.54, 1.807) is 0 Å². The number of aliphatic carboxylic acids is 1. The van der Waals surface area contributed by atoms with Crippen LogP contribution >= 0.6 is 11.8 Å². The zero-order chi connectivity index (χ0) is 10.4. The Hall–Kier alpha value is -1.35. The van der Waals surface area contributed by atoms with Gasteiger partial charge in [0.25, 0.3) is 0 Å². The molecular weight excluding hydrogens is 197 g/mol. The fraction of sp³-hybridized carbons (Fsp3) is 0.286. The molecule has 0 aliphatic heterocycles. The van der Waals surface area contributed by atoms with Crippen LogP contribution in [0.5, 0.6) is 0 Å². The summed E-state index contributed by atoms with van der Waals surface area (Å²) in [5.41, 5.74) is 0. The van der Waals surface area contributed by atoms with Crippen LogP contribution in [-0.2, 0) is 9.59 Å². The van der Waals surface area contributed by atoms with Crippen molar-refractivity contribution in [2.24, 2.45) is 5.92 Å².